The van der Waals surface area contributed by atoms with E-state index in [1.165, 1.54) is 51.9 Å². The zero-order valence-electron chi connectivity index (χ0n) is 21.3. The molecule has 3 aromatic heterocycles. The van der Waals surface area contributed by atoms with Gasteiger partial charge in [-0.25, -0.2) is 4.79 Å². The highest BCUT2D eigenvalue weighted by atomic mass is 32.2. The number of thioether (sulfide) groups is 1. The molecule has 0 aliphatic heterocycles. The number of methoxy groups -OCH3 is 1. The SMILES string of the molecule is C=CCn1c(SCC(=O)Nc2sc3c(c2C(=O)OC)CCCCC3)nnc1-c1csc2c1CCC(C)C2. The molecule has 7 nitrogen and oxygen atoms in total. The summed E-state index contributed by atoms with van der Waals surface area (Å²) in [5, 5.41) is 15.4. The van der Waals surface area contributed by atoms with E-state index < -0.39 is 0 Å². The second kappa shape index (κ2) is 11.5. The van der Waals surface area contributed by atoms with Gasteiger partial charge in [0.1, 0.15) is 5.00 Å². The van der Waals surface area contributed by atoms with Crippen LogP contribution in [0.5, 0.6) is 0 Å². The number of amides is 1. The Hall–Kier alpha value is -2.43. The van der Waals surface area contributed by atoms with Gasteiger partial charge in [0.05, 0.1) is 18.4 Å². The Balaban J connectivity index is 1.33. The summed E-state index contributed by atoms with van der Waals surface area (Å²) in [6.07, 6.45) is 10.3. The van der Waals surface area contributed by atoms with Crippen LogP contribution < -0.4 is 5.32 Å². The van der Waals surface area contributed by atoms with Crippen molar-refractivity contribution in [1.82, 2.24) is 14.8 Å². The lowest BCUT2D eigenvalue weighted by Crippen LogP contribution is -2.16. The molecule has 1 amide bonds. The minimum absolute atomic E-state index is 0.164. The average molecular weight is 557 g/mol. The summed E-state index contributed by atoms with van der Waals surface area (Å²) in [6.45, 7) is 6.79. The molecule has 0 aromatic carbocycles. The van der Waals surface area contributed by atoms with E-state index in [0.29, 0.717) is 28.2 Å². The monoisotopic (exact) mass is 556 g/mol. The maximum Gasteiger partial charge on any atom is 0.341 e. The van der Waals surface area contributed by atoms with Gasteiger partial charge >= 0.3 is 5.97 Å². The molecule has 1 atom stereocenters. The number of hydrogen-bond acceptors (Lipinski definition) is 8. The fraction of sp³-hybridized carbons (Fsp3) is 0.481. The first-order valence-electron chi connectivity index (χ1n) is 12.8. The highest BCUT2D eigenvalue weighted by Crippen LogP contribution is 2.39. The smallest absolute Gasteiger partial charge is 0.341 e. The van der Waals surface area contributed by atoms with Gasteiger partial charge in [0.25, 0.3) is 0 Å². The zero-order valence-corrected chi connectivity index (χ0v) is 23.8. The summed E-state index contributed by atoms with van der Waals surface area (Å²) in [7, 11) is 1.39. The Labute approximate surface area is 229 Å². The quantitative estimate of drug-likeness (QED) is 0.155. The molecule has 196 valence electrons. The number of carbonyl (C=O) groups excluding carboxylic acids is 2. The number of fused-ring (bicyclic) bond motifs is 2. The molecule has 5 rings (SSSR count). The van der Waals surface area contributed by atoms with Crippen LogP contribution >= 0.6 is 34.4 Å². The lowest BCUT2D eigenvalue weighted by Gasteiger charge is -2.19. The Morgan fingerprint density at radius 1 is 1.22 bits per heavy atom. The normalized spacial score (nSPS) is 17.0. The fourth-order valence-corrected chi connectivity index (χ4v) is 8.48. The summed E-state index contributed by atoms with van der Waals surface area (Å²) in [5.41, 5.74) is 4.11. The van der Waals surface area contributed by atoms with E-state index in [4.69, 9.17) is 4.74 Å². The van der Waals surface area contributed by atoms with Crippen molar-refractivity contribution in [3.8, 4) is 11.4 Å². The number of nitrogens with one attached hydrogen (secondary N) is 1. The Morgan fingerprint density at radius 2 is 2.05 bits per heavy atom. The molecule has 1 unspecified atom stereocenters. The van der Waals surface area contributed by atoms with Gasteiger partial charge in [0.2, 0.25) is 5.91 Å². The van der Waals surface area contributed by atoms with Gasteiger partial charge in [-0.1, -0.05) is 31.2 Å². The molecule has 3 heterocycles. The number of allylic oxidation sites excluding steroid dienone is 1. The zero-order chi connectivity index (χ0) is 25.9. The number of rotatable bonds is 8. The molecule has 0 fully saturated rings. The van der Waals surface area contributed by atoms with E-state index in [-0.39, 0.29) is 17.6 Å². The standard InChI is InChI=1S/C27H32N4O3S3/c1-4-12-31-24(19-14-35-21-13-16(2)10-11-17(19)21)29-30-27(31)36-15-22(32)28-25-23(26(33)34-3)18-8-6-5-7-9-20(18)37-25/h4,14,16H,1,5-13,15H2,2-3H3,(H,28,32). The summed E-state index contributed by atoms with van der Waals surface area (Å²) in [4.78, 5) is 28.2. The van der Waals surface area contributed by atoms with Crippen LogP contribution in [0.15, 0.2) is 23.2 Å². The van der Waals surface area contributed by atoms with Gasteiger partial charge in [0, 0.05) is 27.2 Å². The molecule has 2 aliphatic rings. The molecular weight excluding hydrogens is 525 g/mol. The van der Waals surface area contributed by atoms with Crippen LogP contribution in [0.1, 0.15) is 63.8 Å². The highest BCUT2D eigenvalue weighted by molar-refractivity contribution is 7.99. The number of aromatic nitrogens is 3. The molecule has 0 bridgehead atoms. The Morgan fingerprint density at radius 3 is 2.86 bits per heavy atom. The predicted molar refractivity (Wildman–Crippen MR) is 151 cm³/mol. The van der Waals surface area contributed by atoms with Gasteiger partial charge in [-0.15, -0.1) is 39.4 Å². The van der Waals surface area contributed by atoms with E-state index >= 15 is 0 Å². The Bertz CT molecular complexity index is 1320. The number of aryl methyl sites for hydroxylation is 1. The topological polar surface area (TPSA) is 86.1 Å². The first-order chi connectivity index (χ1) is 18.0. The van der Waals surface area contributed by atoms with Gasteiger partial charge in [-0.3, -0.25) is 9.36 Å². The van der Waals surface area contributed by atoms with Gasteiger partial charge in [-0.2, -0.15) is 0 Å². The minimum Gasteiger partial charge on any atom is -0.465 e. The maximum atomic E-state index is 13.0. The third kappa shape index (κ3) is 5.42. The molecule has 10 heteroatoms. The number of nitrogens with zero attached hydrogens (tertiary/aromatic N) is 3. The second-order valence-electron chi connectivity index (χ2n) is 9.70. The van der Waals surface area contributed by atoms with Crippen molar-refractivity contribution >= 4 is 51.3 Å². The van der Waals surface area contributed by atoms with Gasteiger partial charge in [0.15, 0.2) is 11.0 Å². The number of ether oxygens (including phenoxy) is 1. The van der Waals surface area contributed by atoms with Crippen molar-refractivity contribution in [2.45, 2.75) is 70.0 Å². The largest absolute Gasteiger partial charge is 0.465 e. The molecule has 37 heavy (non-hydrogen) atoms. The number of anilines is 1. The van der Waals surface area contributed by atoms with Crippen molar-refractivity contribution in [2.24, 2.45) is 5.92 Å². The number of hydrogen-bond donors (Lipinski definition) is 1. The van der Waals surface area contributed by atoms with Crippen molar-refractivity contribution in [3.63, 3.8) is 0 Å². The van der Waals surface area contributed by atoms with Crippen LogP contribution in [-0.2, 0) is 41.8 Å². The van der Waals surface area contributed by atoms with Crippen molar-refractivity contribution in [3.05, 3.63) is 44.5 Å². The summed E-state index contributed by atoms with van der Waals surface area (Å²) >= 11 is 4.67. The summed E-state index contributed by atoms with van der Waals surface area (Å²) in [5.74, 6) is 1.16. The third-order valence-corrected chi connectivity index (χ3v) is 10.3. The molecule has 1 N–H and O–H groups in total. The maximum absolute atomic E-state index is 13.0. The molecular formula is C27H32N4O3S3. The van der Waals surface area contributed by atoms with Crippen LogP contribution in [0.3, 0.4) is 0 Å². The summed E-state index contributed by atoms with van der Waals surface area (Å²) < 4.78 is 7.10. The van der Waals surface area contributed by atoms with Gasteiger partial charge in [-0.05, 0) is 62.0 Å². The first kappa shape index (κ1) is 26.2. The van der Waals surface area contributed by atoms with Crippen molar-refractivity contribution in [2.75, 3.05) is 18.2 Å². The van der Waals surface area contributed by atoms with Crippen LogP contribution in [0, 0.1) is 5.92 Å². The second-order valence-corrected chi connectivity index (χ2v) is 12.7. The first-order valence-corrected chi connectivity index (χ1v) is 15.5. The number of thiophene rings is 2. The van der Waals surface area contributed by atoms with Crippen LogP contribution in [0.25, 0.3) is 11.4 Å². The van der Waals surface area contributed by atoms with E-state index in [1.807, 2.05) is 22.0 Å². The molecule has 0 saturated carbocycles. The Kier molecular flexibility index (Phi) is 8.16. The predicted octanol–water partition coefficient (Wildman–Crippen LogP) is 6.17. The van der Waals surface area contributed by atoms with Gasteiger partial charge < -0.3 is 10.1 Å². The lowest BCUT2D eigenvalue weighted by molar-refractivity contribution is -0.113. The molecule has 0 spiro atoms. The van der Waals surface area contributed by atoms with E-state index in [2.05, 4.69) is 34.4 Å². The minimum atomic E-state index is -0.383. The van der Waals surface area contributed by atoms with E-state index in [1.54, 1.807) is 0 Å². The van der Waals surface area contributed by atoms with Crippen molar-refractivity contribution < 1.29 is 14.3 Å². The molecule has 2 aliphatic carbocycles. The van der Waals surface area contributed by atoms with Crippen LogP contribution in [0.2, 0.25) is 0 Å². The third-order valence-electron chi connectivity index (χ3n) is 7.07. The van der Waals surface area contributed by atoms with Crippen molar-refractivity contribution in [1.29, 1.82) is 0 Å². The lowest BCUT2D eigenvalue weighted by atomic mass is 9.88. The number of carbonyl (C=O) groups is 2. The molecule has 3 aromatic rings. The van der Waals surface area contributed by atoms with Crippen LogP contribution in [-0.4, -0.2) is 39.5 Å². The number of esters is 1. The average Bonchev–Trinajstić information content (AvgIpc) is 3.52. The summed E-state index contributed by atoms with van der Waals surface area (Å²) in [6, 6.07) is 0. The van der Waals surface area contributed by atoms with E-state index in [0.717, 1.165) is 61.9 Å². The highest BCUT2D eigenvalue weighted by Gasteiger charge is 2.27. The fourth-order valence-electron chi connectivity index (χ4n) is 5.19. The van der Waals surface area contributed by atoms with E-state index in [9.17, 15) is 9.59 Å². The molecule has 0 saturated heterocycles. The molecule has 0 radical (unpaired) electrons. The van der Waals surface area contributed by atoms with Crippen LogP contribution in [0.4, 0.5) is 5.00 Å².